The third-order valence-electron chi connectivity index (χ3n) is 2.71. The van der Waals surface area contributed by atoms with E-state index in [1.54, 1.807) is 11.3 Å². The molecule has 18 heavy (non-hydrogen) atoms. The van der Waals surface area contributed by atoms with Gasteiger partial charge in [0.25, 0.3) is 0 Å². The Hall–Kier alpha value is -1.10. The highest BCUT2D eigenvalue weighted by molar-refractivity contribution is 7.10. The van der Waals surface area contributed by atoms with Gasteiger partial charge >= 0.3 is 0 Å². The minimum atomic E-state index is -0.319. The molecule has 2 aromatic rings. The summed E-state index contributed by atoms with van der Waals surface area (Å²) in [4.78, 5) is 1.15. The van der Waals surface area contributed by atoms with E-state index in [1.165, 1.54) is 23.8 Å². The highest BCUT2D eigenvalue weighted by Gasteiger charge is 2.15. The van der Waals surface area contributed by atoms with Crippen molar-refractivity contribution < 1.29 is 4.39 Å². The molecule has 0 saturated carbocycles. The van der Waals surface area contributed by atoms with Crippen LogP contribution < -0.4 is 11.1 Å². The maximum atomic E-state index is 13.2. The predicted molar refractivity (Wildman–Crippen MR) is 75.9 cm³/mol. The van der Waals surface area contributed by atoms with Gasteiger partial charge in [0.15, 0.2) is 0 Å². The number of hydrogen-bond acceptors (Lipinski definition) is 3. The van der Waals surface area contributed by atoms with Gasteiger partial charge in [-0.25, -0.2) is 4.39 Å². The Morgan fingerprint density at radius 1 is 1.44 bits per heavy atom. The van der Waals surface area contributed by atoms with Gasteiger partial charge in [0.1, 0.15) is 5.82 Å². The minimum Gasteiger partial charge on any atom is -0.375 e. The van der Waals surface area contributed by atoms with Crippen LogP contribution in [0, 0.1) is 12.7 Å². The number of hydrogen-bond donors (Lipinski definition) is 2. The van der Waals surface area contributed by atoms with Crippen molar-refractivity contribution in [1.29, 1.82) is 0 Å². The highest BCUT2D eigenvalue weighted by Crippen LogP contribution is 2.30. The molecule has 5 heteroatoms. The van der Waals surface area contributed by atoms with E-state index in [4.69, 9.17) is 17.3 Å². The first-order valence-electron chi connectivity index (χ1n) is 5.57. The molecule has 0 aliphatic heterocycles. The van der Waals surface area contributed by atoms with E-state index in [0.717, 1.165) is 4.88 Å². The van der Waals surface area contributed by atoms with E-state index >= 15 is 0 Å². The summed E-state index contributed by atoms with van der Waals surface area (Å²) in [5.74, 6) is -0.319. The average molecular weight is 285 g/mol. The lowest BCUT2D eigenvalue weighted by Gasteiger charge is -2.19. The molecule has 0 aliphatic carbocycles. The van der Waals surface area contributed by atoms with Gasteiger partial charge in [0.2, 0.25) is 0 Å². The number of nitrogens with two attached hydrogens (primary N) is 1. The van der Waals surface area contributed by atoms with Crippen LogP contribution >= 0.6 is 22.9 Å². The lowest BCUT2D eigenvalue weighted by molar-refractivity contribution is 0.627. The number of thiophene rings is 1. The van der Waals surface area contributed by atoms with Crippen LogP contribution in [-0.2, 0) is 0 Å². The summed E-state index contributed by atoms with van der Waals surface area (Å²) in [6.45, 7) is 2.46. The molecule has 1 atom stereocenters. The first-order chi connectivity index (χ1) is 8.61. The molecule has 0 amide bonds. The molecule has 0 aliphatic rings. The lowest BCUT2D eigenvalue weighted by atomic mass is 10.1. The van der Waals surface area contributed by atoms with Gasteiger partial charge in [-0.3, -0.25) is 0 Å². The van der Waals surface area contributed by atoms with Crippen molar-refractivity contribution in [1.82, 2.24) is 0 Å². The Labute approximate surface area is 115 Å². The molecular formula is C13H14ClFN2S. The standard InChI is InChI=1S/C13H14ClFN2S/c1-8-4-5-18-13(8)12(7-16)17-11-6-9(15)2-3-10(11)14/h2-6,12,17H,7,16H2,1H3. The second kappa shape index (κ2) is 5.69. The Morgan fingerprint density at radius 3 is 2.83 bits per heavy atom. The van der Waals surface area contributed by atoms with Crippen LogP contribution in [0.5, 0.6) is 0 Å². The fraction of sp³-hybridized carbons (Fsp3) is 0.231. The van der Waals surface area contributed by atoms with E-state index in [2.05, 4.69) is 5.32 Å². The largest absolute Gasteiger partial charge is 0.375 e. The molecule has 2 nitrogen and oxygen atoms in total. The molecule has 0 bridgehead atoms. The molecule has 1 heterocycles. The molecule has 3 N–H and O–H groups in total. The topological polar surface area (TPSA) is 38.0 Å². The Kier molecular flexibility index (Phi) is 4.22. The highest BCUT2D eigenvalue weighted by atomic mass is 35.5. The number of aryl methyl sites for hydroxylation is 1. The zero-order valence-electron chi connectivity index (χ0n) is 9.91. The van der Waals surface area contributed by atoms with Gasteiger partial charge in [-0.1, -0.05) is 11.6 Å². The summed E-state index contributed by atoms with van der Waals surface area (Å²) in [5.41, 5.74) is 7.52. The number of rotatable bonds is 4. The van der Waals surface area contributed by atoms with E-state index in [-0.39, 0.29) is 11.9 Å². The van der Waals surface area contributed by atoms with Crippen LogP contribution in [0.4, 0.5) is 10.1 Å². The third-order valence-corrected chi connectivity index (χ3v) is 4.17. The Balaban J connectivity index is 2.26. The van der Waals surface area contributed by atoms with E-state index in [9.17, 15) is 4.39 Å². The molecule has 0 fully saturated rings. The van der Waals surface area contributed by atoms with Gasteiger partial charge in [0, 0.05) is 11.4 Å². The normalized spacial score (nSPS) is 12.4. The van der Waals surface area contributed by atoms with Gasteiger partial charge in [-0.05, 0) is 42.1 Å². The Bertz CT molecular complexity index is 542. The predicted octanol–water partition coefficient (Wildman–Crippen LogP) is 3.96. The van der Waals surface area contributed by atoms with Crippen molar-refractivity contribution in [3.8, 4) is 0 Å². The van der Waals surface area contributed by atoms with E-state index in [0.29, 0.717) is 17.3 Å². The summed E-state index contributed by atoms with van der Waals surface area (Å²) >= 11 is 7.66. The van der Waals surface area contributed by atoms with Crippen LogP contribution in [0.2, 0.25) is 5.02 Å². The second-order valence-electron chi connectivity index (χ2n) is 4.02. The maximum Gasteiger partial charge on any atom is 0.125 e. The third kappa shape index (κ3) is 2.83. The van der Waals surface area contributed by atoms with Crippen LogP contribution in [0.1, 0.15) is 16.5 Å². The molecule has 1 unspecified atom stereocenters. The molecule has 1 aromatic carbocycles. The fourth-order valence-corrected chi connectivity index (χ4v) is 2.93. The first kappa shape index (κ1) is 13.3. The van der Waals surface area contributed by atoms with Crippen molar-refractivity contribution in [3.05, 3.63) is 50.9 Å². The number of halogens is 2. The van der Waals surface area contributed by atoms with Gasteiger partial charge in [-0.15, -0.1) is 11.3 Å². The van der Waals surface area contributed by atoms with E-state index in [1.807, 2.05) is 18.4 Å². The zero-order chi connectivity index (χ0) is 13.1. The number of anilines is 1. The van der Waals surface area contributed by atoms with E-state index < -0.39 is 0 Å². The van der Waals surface area contributed by atoms with Crippen LogP contribution in [0.3, 0.4) is 0 Å². The van der Waals surface area contributed by atoms with Gasteiger partial charge in [0.05, 0.1) is 16.8 Å². The van der Waals surface area contributed by atoms with Crippen LogP contribution in [0.15, 0.2) is 29.6 Å². The van der Waals surface area contributed by atoms with Crippen molar-refractivity contribution in [2.75, 3.05) is 11.9 Å². The fourth-order valence-electron chi connectivity index (χ4n) is 1.77. The minimum absolute atomic E-state index is 0.0516. The first-order valence-corrected chi connectivity index (χ1v) is 6.83. The smallest absolute Gasteiger partial charge is 0.125 e. The maximum absolute atomic E-state index is 13.2. The molecular weight excluding hydrogens is 271 g/mol. The quantitative estimate of drug-likeness (QED) is 0.892. The zero-order valence-corrected chi connectivity index (χ0v) is 11.5. The molecule has 2 rings (SSSR count). The molecule has 96 valence electrons. The monoisotopic (exact) mass is 284 g/mol. The lowest BCUT2D eigenvalue weighted by Crippen LogP contribution is -2.20. The summed E-state index contributed by atoms with van der Waals surface area (Å²) in [6, 6.07) is 6.24. The van der Waals surface area contributed by atoms with Gasteiger partial charge < -0.3 is 11.1 Å². The van der Waals surface area contributed by atoms with Crippen LogP contribution in [0.25, 0.3) is 0 Å². The van der Waals surface area contributed by atoms with Crippen molar-refractivity contribution in [2.45, 2.75) is 13.0 Å². The van der Waals surface area contributed by atoms with Crippen LogP contribution in [-0.4, -0.2) is 6.54 Å². The second-order valence-corrected chi connectivity index (χ2v) is 5.38. The Morgan fingerprint density at radius 2 is 2.22 bits per heavy atom. The number of benzene rings is 1. The summed E-state index contributed by atoms with van der Waals surface area (Å²) < 4.78 is 13.2. The summed E-state index contributed by atoms with van der Waals surface area (Å²) in [5, 5.41) is 5.70. The van der Waals surface area contributed by atoms with Crippen molar-refractivity contribution >= 4 is 28.6 Å². The van der Waals surface area contributed by atoms with Gasteiger partial charge in [-0.2, -0.15) is 0 Å². The molecule has 1 aromatic heterocycles. The number of nitrogens with one attached hydrogen (secondary N) is 1. The molecule has 0 spiro atoms. The van der Waals surface area contributed by atoms with Crippen molar-refractivity contribution in [3.63, 3.8) is 0 Å². The molecule has 0 radical (unpaired) electrons. The average Bonchev–Trinajstić information content (AvgIpc) is 2.77. The summed E-state index contributed by atoms with van der Waals surface area (Å²) in [6.07, 6.45) is 0. The molecule has 0 saturated heterocycles. The summed E-state index contributed by atoms with van der Waals surface area (Å²) in [7, 11) is 0. The van der Waals surface area contributed by atoms with Crippen molar-refractivity contribution in [2.24, 2.45) is 5.73 Å². The SMILES string of the molecule is Cc1ccsc1C(CN)Nc1cc(F)ccc1Cl.